The molecule has 180 valence electrons. The predicted molar refractivity (Wildman–Crippen MR) is 127 cm³/mol. The van der Waals surface area contributed by atoms with E-state index in [1.807, 2.05) is 0 Å². The van der Waals surface area contributed by atoms with Crippen molar-refractivity contribution in [3.05, 3.63) is 0 Å². The van der Waals surface area contributed by atoms with E-state index in [2.05, 4.69) is 34.6 Å². The van der Waals surface area contributed by atoms with Gasteiger partial charge in [-0.2, -0.15) is 0 Å². The molecule has 11 atom stereocenters. The highest BCUT2D eigenvalue weighted by molar-refractivity contribution is 5.14. The number of hydrogen-bond donors (Lipinski definition) is 2. The largest absolute Gasteiger partial charge is 0.393 e. The fourth-order valence-electron chi connectivity index (χ4n) is 9.32. The van der Waals surface area contributed by atoms with Gasteiger partial charge >= 0.3 is 0 Å². The molecule has 0 spiro atoms. The van der Waals surface area contributed by atoms with Crippen LogP contribution in [0.5, 0.6) is 0 Å². The molecule has 3 heteroatoms. The van der Waals surface area contributed by atoms with Crippen molar-refractivity contribution in [2.75, 3.05) is 6.61 Å². The van der Waals surface area contributed by atoms with Crippen LogP contribution in [0.2, 0.25) is 0 Å². The highest BCUT2D eigenvalue weighted by atomic mass is 16.5. The first-order valence-electron chi connectivity index (χ1n) is 13.7. The molecule has 0 aliphatic heterocycles. The van der Waals surface area contributed by atoms with E-state index in [1.54, 1.807) is 0 Å². The monoisotopic (exact) mass is 434 g/mol. The Labute approximate surface area is 191 Å². The van der Waals surface area contributed by atoms with E-state index < -0.39 is 0 Å². The third-order valence-electron chi connectivity index (χ3n) is 11.1. The van der Waals surface area contributed by atoms with Crippen molar-refractivity contribution in [3.8, 4) is 0 Å². The van der Waals surface area contributed by atoms with Crippen molar-refractivity contribution in [2.45, 2.75) is 124 Å². The predicted octanol–water partition coefficient (Wildman–Crippen LogP) is 6.21. The second-order valence-electron chi connectivity index (χ2n) is 12.5. The average Bonchev–Trinajstić information content (AvgIpc) is 3.09. The molecule has 4 aliphatic carbocycles. The summed E-state index contributed by atoms with van der Waals surface area (Å²) in [6.07, 6.45) is 12.5. The van der Waals surface area contributed by atoms with Gasteiger partial charge in [0.05, 0.1) is 18.3 Å². The van der Waals surface area contributed by atoms with Crippen LogP contribution in [0.4, 0.5) is 0 Å². The second kappa shape index (κ2) is 9.26. The molecule has 0 aromatic carbocycles. The fraction of sp³-hybridized carbons (Fsp3) is 1.00. The lowest BCUT2D eigenvalue weighted by atomic mass is 9.43. The first-order valence-corrected chi connectivity index (χ1v) is 13.7. The molecule has 0 radical (unpaired) electrons. The van der Waals surface area contributed by atoms with E-state index in [1.165, 1.54) is 38.5 Å². The van der Waals surface area contributed by atoms with Crippen molar-refractivity contribution >= 4 is 0 Å². The van der Waals surface area contributed by atoms with Gasteiger partial charge < -0.3 is 14.9 Å². The van der Waals surface area contributed by atoms with Crippen LogP contribution in [0, 0.1) is 46.3 Å². The zero-order valence-electron chi connectivity index (χ0n) is 21.0. The standard InChI is InChI=1S/C28H50O3/c1-6-8-14-31-20-12-13-27(4)19(15-20)16-24(29)26-22-11-10-21(18(3)9-7-2)28(22,5)25(30)17-23(26)27/h18-26,29-30H,6-17H2,1-5H3/t18-,19+,20-,21-,22+,23+,24-,25+,26+,27+,28-/m1/s1. The van der Waals surface area contributed by atoms with E-state index in [4.69, 9.17) is 4.74 Å². The third-order valence-corrected chi connectivity index (χ3v) is 11.1. The maximum Gasteiger partial charge on any atom is 0.0602 e. The molecule has 0 heterocycles. The highest BCUT2D eigenvalue weighted by Crippen LogP contribution is 2.68. The van der Waals surface area contributed by atoms with Crippen LogP contribution >= 0.6 is 0 Å². The molecular weight excluding hydrogens is 384 g/mol. The Morgan fingerprint density at radius 2 is 1.74 bits per heavy atom. The minimum absolute atomic E-state index is 0.0135. The zero-order chi connectivity index (χ0) is 22.4. The number of hydrogen-bond acceptors (Lipinski definition) is 3. The van der Waals surface area contributed by atoms with E-state index in [9.17, 15) is 10.2 Å². The third kappa shape index (κ3) is 3.93. The molecule has 3 nitrogen and oxygen atoms in total. The molecule has 0 aromatic heterocycles. The van der Waals surface area contributed by atoms with Crippen LogP contribution in [0.25, 0.3) is 0 Å². The summed E-state index contributed by atoms with van der Waals surface area (Å²) < 4.78 is 6.23. The smallest absolute Gasteiger partial charge is 0.0602 e. The number of ether oxygens (including phenoxy) is 1. The molecular formula is C28H50O3. The van der Waals surface area contributed by atoms with Gasteiger partial charge in [0, 0.05) is 6.61 Å². The summed E-state index contributed by atoms with van der Waals surface area (Å²) in [5.41, 5.74) is 0.240. The normalized spacial score (nSPS) is 50.4. The Hall–Kier alpha value is -0.120. The molecule has 2 N–H and O–H groups in total. The topological polar surface area (TPSA) is 49.7 Å². The van der Waals surface area contributed by atoms with Crippen LogP contribution in [0.3, 0.4) is 0 Å². The van der Waals surface area contributed by atoms with Gasteiger partial charge in [-0.3, -0.25) is 0 Å². The molecule has 0 saturated heterocycles. The summed E-state index contributed by atoms with van der Waals surface area (Å²) in [4.78, 5) is 0. The average molecular weight is 435 g/mol. The van der Waals surface area contributed by atoms with Gasteiger partial charge in [-0.15, -0.1) is 0 Å². The Bertz CT molecular complexity index is 607. The summed E-state index contributed by atoms with van der Waals surface area (Å²) >= 11 is 0. The molecule has 4 saturated carbocycles. The number of unbranched alkanes of at least 4 members (excludes halogenated alkanes) is 1. The quantitative estimate of drug-likeness (QED) is 0.468. The van der Waals surface area contributed by atoms with Crippen LogP contribution in [0.1, 0.15) is 105 Å². The molecule has 4 fully saturated rings. The number of aliphatic hydroxyl groups excluding tert-OH is 2. The van der Waals surface area contributed by atoms with Crippen LogP contribution in [-0.2, 0) is 4.74 Å². The maximum absolute atomic E-state index is 11.6. The zero-order valence-corrected chi connectivity index (χ0v) is 21.0. The van der Waals surface area contributed by atoms with Crippen LogP contribution in [-0.4, -0.2) is 35.1 Å². The number of aliphatic hydroxyl groups is 2. The minimum Gasteiger partial charge on any atom is -0.393 e. The van der Waals surface area contributed by atoms with Crippen molar-refractivity contribution in [1.82, 2.24) is 0 Å². The van der Waals surface area contributed by atoms with Crippen molar-refractivity contribution in [2.24, 2.45) is 46.3 Å². The minimum atomic E-state index is -0.216. The molecule has 4 aliphatic rings. The summed E-state index contributed by atoms with van der Waals surface area (Å²) in [7, 11) is 0. The maximum atomic E-state index is 11.6. The Morgan fingerprint density at radius 3 is 2.45 bits per heavy atom. The summed E-state index contributed by atoms with van der Waals surface area (Å²) in [6, 6.07) is 0. The Balaban J connectivity index is 1.54. The Morgan fingerprint density at radius 1 is 0.968 bits per heavy atom. The summed E-state index contributed by atoms with van der Waals surface area (Å²) in [5.74, 6) is 3.14. The van der Waals surface area contributed by atoms with E-state index in [-0.39, 0.29) is 23.0 Å². The van der Waals surface area contributed by atoms with Gasteiger partial charge in [-0.1, -0.05) is 53.9 Å². The molecule has 0 aromatic rings. The number of rotatable bonds is 7. The van der Waals surface area contributed by atoms with Crippen molar-refractivity contribution in [3.63, 3.8) is 0 Å². The van der Waals surface area contributed by atoms with Crippen LogP contribution < -0.4 is 0 Å². The molecule has 4 rings (SSSR count). The Kier molecular flexibility index (Phi) is 7.17. The first kappa shape index (κ1) is 24.0. The van der Waals surface area contributed by atoms with Gasteiger partial charge in [0.15, 0.2) is 0 Å². The first-order chi connectivity index (χ1) is 14.8. The summed E-state index contributed by atoms with van der Waals surface area (Å²) in [6.45, 7) is 12.7. The van der Waals surface area contributed by atoms with Gasteiger partial charge in [0.25, 0.3) is 0 Å². The van der Waals surface area contributed by atoms with Crippen molar-refractivity contribution in [1.29, 1.82) is 0 Å². The lowest BCUT2D eigenvalue weighted by molar-refractivity contribution is -0.209. The van der Waals surface area contributed by atoms with Gasteiger partial charge in [0.1, 0.15) is 0 Å². The van der Waals surface area contributed by atoms with Crippen molar-refractivity contribution < 1.29 is 14.9 Å². The number of fused-ring (bicyclic) bond motifs is 5. The van der Waals surface area contributed by atoms with E-state index in [0.717, 1.165) is 38.7 Å². The van der Waals surface area contributed by atoms with Crippen LogP contribution in [0.15, 0.2) is 0 Å². The summed E-state index contributed by atoms with van der Waals surface area (Å²) in [5, 5.41) is 23.2. The van der Waals surface area contributed by atoms with Gasteiger partial charge in [0.2, 0.25) is 0 Å². The fourth-order valence-corrected chi connectivity index (χ4v) is 9.32. The second-order valence-corrected chi connectivity index (χ2v) is 12.5. The molecule has 31 heavy (non-hydrogen) atoms. The van der Waals surface area contributed by atoms with Gasteiger partial charge in [-0.25, -0.2) is 0 Å². The molecule has 0 bridgehead atoms. The van der Waals surface area contributed by atoms with E-state index >= 15 is 0 Å². The molecule has 0 unspecified atom stereocenters. The highest BCUT2D eigenvalue weighted by Gasteiger charge is 2.65. The lowest BCUT2D eigenvalue weighted by Crippen LogP contribution is -2.62. The SMILES string of the molecule is CCCCO[C@@H]1CC[C@@]2(C)[C@@H](C1)C[C@@H](O)[C@@H]1[C@@H]2C[C@H](O)[C@]2(C)[C@@H]([C@H](C)CCC)CC[C@@H]12. The molecule has 0 amide bonds. The van der Waals surface area contributed by atoms with E-state index in [0.29, 0.717) is 41.6 Å². The van der Waals surface area contributed by atoms with Gasteiger partial charge in [-0.05, 0) is 97.7 Å². The lowest BCUT2D eigenvalue weighted by Gasteiger charge is -2.63.